The lowest BCUT2D eigenvalue weighted by atomic mass is 10.1. The van der Waals surface area contributed by atoms with E-state index in [0.717, 1.165) is 11.4 Å². The molecule has 0 spiro atoms. The highest BCUT2D eigenvalue weighted by Gasteiger charge is 2.12. The second-order valence-electron chi connectivity index (χ2n) is 4.74. The van der Waals surface area contributed by atoms with Gasteiger partial charge >= 0.3 is 0 Å². The van der Waals surface area contributed by atoms with Crippen LogP contribution in [0.25, 0.3) is 0 Å². The first-order valence-corrected chi connectivity index (χ1v) is 6.18. The van der Waals surface area contributed by atoms with Gasteiger partial charge in [0.1, 0.15) is 11.6 Å². The molecule has 1 aromatic heterocycles. The third-order valence-electron chi connectivity index (χ3n) is 2.83. The van der Waals surface area contributed by atoms with Gasteiger partial charge in [-0.25, -0.2) is 9.37 Å². The molecule has 0 radical (unpaired) electrons. The Morgan fingerprint density at radius 1 is 1.25 bits per heavy atom. The van der Waals surface area contributed by atoms with Crippen LogP contribution in [0, 0.1) is 12.7 Å². The van der Waals surface area contributed by atoms with Crippen molar-refractivity contribution in [2.24, 2.45) is 0 Å². The summed E-state index contributed by atoms with van der Waals surface area (Å²) in [4.78, 5) is 18.1. The van der Waals surface area contributed by atoms with Crippen molar-refractivity contribution < 1.29 is 9.18 Å². The Balaban J connectivity index is 2.17. The maximum atomic E-state index is 13.6. The molecule has 0 bridgehead atoms. The monoisotopic (exact) mass is 273 g/mol. The Morgan fingerprint density at radius 3 is 2.60 bits per heavy atom. The Labute approximate surface area is 117 Å². The summed E-state index contributed by atoms with van der Waals surface area (Å²) in [5.41, 5.74) is 1.39. The fourth-order valence-corrected chi connectivity index (χ4v) is 1.74. The standard InChI is InChI=1S/C15H16FN3O/c1-10-4-6-13(16)12(8-10)15(20)18-11-5-7-14(17-9-11)19(2)3/h4-9H,1-3H3,(H,18,20). The van der Waals surface area contributed by atoms with Crippen LogP contribution in [0.4, 0.5) is 15.9 Å². The highest BCUT2D eigenvalue weighted by molar-refractivity contribution is 6.04. The maximum absolute atomic E-state index is 13.6. The number of anilines is 2. The zero-order valence-corrected chi connectivity index (χ0v) is 11.6. The molecule has 20 heavy (non-hydrogen) atoms. The number of pyridine rings is 1. The lowest BCUT2D eigenvalue weighted by Gasteiger charge is -2.12. The van der Waals surface area contributed by atoms with Crippen molar-refractivity contribution in [1.82, 2.24) is 4.98 Å². The minimum Gasteiger partial charge on any atom is -0.363 e. The van der Waals surface area contributed by atoms with Crippen LogP contribution in [-0.2, 0) is 0 Å². The summed E-state index contributed by atoms with van der Waals surface area (Å²) in [6.07, 6.45) is 1.54. The molecule has 0 unspecified atom stereocenters. The Hall–Kier alpha value is -2.43. The number of hydrogen-bond donors (Lipinski definition) is 1. The average Bonchev–Trinajstić information content (AvgIpc) is 2.42. The van der Waals surface area contributed by atoms with Crippen molar-refractivity contribution in [3.8, 4) is 0 Å². The van der Waals surface area contributed by atoms with E-state index in [4.69, 9.17) is 0 Å². The number of aryl methyl sites for hydroxylation is 1. The molecule has 0 saturated heterocycles. The molecule has 2 rings (SSSR count). The average molecular weight is 273 g/mol. The molecule has 0 fully saturated rings. The number of carbonyl (C=O) groups excluding carboxylic acids is 1. The lowest BCUT2D eigenvalue weighted by Crippen LogP contribution is -2.15. The molecule has 1 heterocycles. The summed E-state index contributed by atoms with van der Waals surface area (Å²) in [5, 5.41) is 2.63. The second kappa shape index (κ2) is 5.69. The van der Waals surface area contributed by atoms with Gasteiger partial charge in [0.05, 0.1) is 17.4 Å². The third-order valence-corrected chi connectivity index (χ3v) is 2.83. The van der Waals surface area contributed by atoms with Gasteiger partial charge in [0, 0.05) is 14.1 Å². The van der Waals surface area contributed by atoms with E-state index < -0.39 is 11.7 Å². The Kier molecular flexibility index (Phi) is 3.98. The van der Waals surface area contributed by atoms with Gasteiger partial charge in [0.15, 0.2) is 0 Å². The van der Waals surface area contributed by atoms with Crippen molar-refractivity contribution in [3.05, 3.63) is 53.5 Å². The van der Waals surface area contributed by atoms with Crippen molar-refractivity contribution >= 4 is 17.4 Å². The van der Waals surface area contributed by atoms with E-state index in [2.05, 4.69) is 10.3 Å². The van der Waals surface area contributed by atoms with Crippen LogP contribution >= 0.6 is 0 Å². The quantitative estimate of drug-likeness (QED) is 0.935. The molecule has 4 nitrogen and oxygen atoms in total. The molecule has 1 N–H and O–H groups in total. The van der Waals surface area contributed by atoms with Crippen molar-refractivity contribution in [2.75, 3.05) is 24.3 Å². The number of aromatic nitrogens is 1. The molecule has 0 aliphatic rings. The van der Waals surface area contributed by atoms with Gasteiger partial charge in [0.2, 0.25) is 0 Å². The molecule has 5 heteroatoms. The van der Waals surface area contributed by atoms with Gasteiger partial charge in [-0.2, -0.15) is 0 Å². The van der Waals surface area contributed by atoms with Crippen LogP contribution in [0.15, 0.2) is 36.5 Å². The highest BCUT2D eigenvalue weighted by atomic mass is 19.1. The van der Waals surface area contributed by atoms with E-state index in [0.29, 0.717) is 5.69 Å². The minimum absolute atomic E-state index is 0.0293. The van der Waals surface area contributed by atoms with E-state index in [1.54, 1.807) is 24.4 Å². The van der Waals surface area contributed by atoms with Crippen LogP contribution in [0.2, 0.25) is 0 Å². The van der Waals surface area contributed by atoms with E-state index in [1.165, 1.54) is 12.1 Å². The molecule has 104 valence electrons. The molecular weight excluding hydrogens is 257 g/mol. The molecule has 0 aliphatic carbocycles. The van der Waals surface area contributed by atoms with E-state index >= 15 is 0 Å². The highest BCUT2D eigenvalue weighted by Crippen LogP contribution is 2.15. The van der Waals surface area contributed by atoms with Gasteiger partial charge < -0.3 is 10.2 Å². The molecule has 0 aliphatic heterocycles. The van der Waals surface area contributed by atoms with Gasteiger partial charge in [0.25, 0.3) is 5.91 Å². The normalized spacial score (nSPS) is 10.2. The fourth-order valence-electron chi connectivity index (χ4n) is 1.74. The van der Waals surface area contributed by atoms with Crippen molar-refractivity contribution in [3.63, 3.8) is 0 Å². The van der Waals surface area contributed by atoms with E-state index in [-0.39, 0.29) is 5.56 Å². The number of benzene rings is 1. The minimum atomic E-state index is -0.536. The maximum Gasteiger partial charge on any atom is 0.258 e. The first-order chi connectivity index (χ1) is 9.47. The molecule has 1 amide bonds. The predicted molar refractivity (Wildman–Crippen MR) is 77.7 cm³/mol. The first kappa shape index (κ1) is 14.0. The van der Waals surface area contributed by atoms with Crippen molar-refractivity contribution in [1.29, 1.82) is 0 Å². The lowest BCUT2D eigenvalue weighted by molar-refractivity contribution is 0.102. The van der Waals surface area contributed by atoms with Crippen LogP contribution in [-0.4, -0.2) is 25.0 Å². The SMILES string of the molecule is Cc1ccc(F)c(C(=O)Nc2ccc(N(C)C)nc2)c1. The summed E-state index contributed by atoms with van der Waals surface area (Å²) in [5.74, 6) is -0.235. The number of carbonyl (C=O) groups is 1. The zero-order chi connectivity index (χ0) is 14.7. The Bertz CT molecular complexity index is 624. The van der Waals surface area contributed by atoms with E-state index in [9.17, 15) is 9.18 Å². The van der Waals surface area contributed by atoms with E-state index in [1.807, 2.05) is 25.9 Å². The smallest absolute Gasteiger partial charge is 0.258 e. The summed E-state index contributed by atoms with van der Waals surface area (Å²) < 4.78 is 13.6. The zero-order valence-electron chi connectivity index (χ0n) is 11.6. The topological polar surface area (TPSA) is 45.2 Å². The van der Waals surface area contributed by atoms with Crippen LogP contribution < -0.4 is 10.2 Å². The van der Waals surface area contributed by atoms with Gasteiger partial charge in [-0.15, -0.1) is 0 Å². The largest absolute Gasteiger partial charge is 0.363 e. The molecule has 0 atom stereocenters. The molecule has 0 saturated carbocycles. The molecular formula is C15H16FN3O. The first-order valence-electron chi connectivity index (χ1n) is 6.18. The van der Waals surface area contributed by atoms with Gasteiger partial charge in [-0.1, -0.05) is 11.6 Å². The number of hydrogen-bond acceptors (Lipinski definition) is 3. The van der Waals surface area contributed by atoms with Gasteiger partial charge in [-0.3, -0.25) is 4.79 Å². The Morgan fingerprint density at radius 2 is 2.00 bits per heavy atom. The summed E-state index contributed by atoms with van der Waals surface area (Å²) >= 11 is 0. The van der Waals surface area contributed by atoms with Crippen molar-refractivity contribution in [2.45, 2.75) is 6.92 Å². The predicted octanol–water partition coefficient (Wildman–Crippen LogP) is 2.85. The number of nitrogens with zero attached hydrogens (tertiary/aromatic N) is 2. The number of amides is 1. The summed E-state index contributed by atoms with van der Waals surface area (Å²) in [6, 6.07) is 7.94. The number of halogens is 1. The number of rotatable bonds is 3. The fraction of sp³-hybridized carbons (Fsp3) is 0.200. The second-order valence-corrected chi connectivity index (χ2v) is 4.74. The molecule has 2 aromatic rings. The van der Waals surface area contributed by atoms with Crippen LogP contribution in [0.3, 0.4) is 0 Å². The van der Waals surface area contributed by atoms with Gasteiger partial charge in [-0.05, 0) is 31.2 Å². The van der Waals surface area contributed by atoms with Crippen LogP contribution in [0.5, 0.6) is 0 Å². The summed E-state index contributed by atoms with van der Waals surface area (Å²) in [6.45, 7) is 1.81. The number of nitrogens with one attached hydrogen (secondary N) is 1. The molecule has 1 aromatic carbocycles. The summed E-state index contributed by atoms with van der Waals surface area (Å²) in [7, 11) is 3.76. The third kappa shape index (κ3) is 3.12. The van der Waals surface area contributed by atoms with Crippen LogP contribution in [0.1, 0.15) is 15.9 Å².